The molecule has 2 rings (SSSR count). The number of rotatable bonds is 7. The largest absolute Gasteiger partial charge is 0.339 e. The molecule has 2 unspecified atom stereocenters. The highest BCUT2D eigenvalue weighted by Gasteiger charge is 2.22. The van der Waals surface area contributed by atoms with E-state index in [-0.39, 0.29) is 5.92 Å². The van der Waals surface area contributed by atoms with Crippen molar-refractivity contribution in [2.24, 2.45) is 0 Å². The van der Waals surface area contributed by atoms with Gasteiger partial charge in [0.1, 0.15) is 0 Å². The lowest BCUT2D eigenvalue weighted by Crippen LogP contribution is -2.28. The fourth-order valence-electron chi connectivity index (χ4n) is 2.31. The normalized spacial score (nSPS) is 14.1. The van der Waals surface area contributed by atoms with Crippen LogP contribution >= 0.6 is 11.8 Å². The molecule has 1 aromatic heterocycles. The summed E-state index contributed by atoms with van der Waals surface area (Å²) in [5, 5.41) is 7.38. The topological polar surface area (TPSA) is 51.0 Å². The third-order valence-electron chi connectivity index (χ3n) is 3.68. The van der Waals surface area contributed by atoms with Crippen molar-refractivity contribution in [2.75, 3.05) is 12.8 Å². The van der Waals surface area contributed by atoms with E-state index in [1.807, 2.05) is 18.8 Å². The van der Waals surface area contributed by atoms with Gasteiger partial charge in [-0.3, -0.25) is 0 Å². The fourth-order valence-corrected chi connectivity index (χ4v) is 2.98. The summed E-state index contributed by atoms with van der Waals surface area (Å²) in [4.78, 5) is 5.84. The zero-order valence-electron chi connectivity index (χ0n) is 13.1. The number of benzene rings is 1. The maximum atomic E-state index is 5.47. The third kappa shape index (κ3) is 3.86. The van der Waals surface area contributed by atoms with E-state index >= 15 is 0 Å². The average Bonchev–Trinajstić information content (AvgIpc) is 2.98. The van der Waals surface area contributed by atoms with E-state index in [2.05, 4.69) is 60.5 Å². The number of hydrogen-bond acceptors (Lipinski definition) is 5. The standard InChI is InChI=1S/C16H23N3OS/c1-5-14(11(3)17-4)16-18-15(19-20-16)12-7-9-13(10-8-12)21-6-2/h7-11,14,17H,5-6H2,1-4H3. The maximum Gasteiger partial charge on any atom is 0.231 e. The minimum Gasteiger partial charge on any atom is -0.339 e. The first kappa shape index (κ1) is 16.0. The van der Waals surface area contributed by atoms with Gasteiger partial charge >= 0.3 is 0 Å². The SMILES string of the molecule is CCSc1ccc(-c2noc(C(CC)C(C)NC)n2)cc1. The predicted molar refractivity (Wildman–Crippen MR) is 87.7 cm³/mol. The van der Waals surface area contributed by atoms with Gasteiger partial charge in [0.2, 0.25) is 11.7 Å². The molecule has 2 atom stereocenters. The molecule has 0 fully saturated rings. The number of nitrogens with zero attached hydrogens (tertiary/aromatic N) is 2. The molecule has 0 amide bonds. The Kier molecular flexibility index (Phi) is 5.82. The number of aromatic nitrogens is 2. The zero-order chi connectivity index (χ0) is 15.2. The van der Waals surface area contributed by atoms with E-state index in [4.69, 9.17) is 4.52 Å². The van der Waals surface area contributed by atoms with Gasteiger partial charge in [-0.1, -0.05) is 19.0 Å². The second-order valence-electron chi connectivity index (χ2n) is 5.01. The molecule has 1 heterocycles. The molecular weight excluding hydrogens is 282 g/mol. The van der Waals surface area contributed by atoms with Crippen molar-refractivity contribution in [2.45, 2.75) is 44.0 Å². The summed E-state index contributed by atoms with van der Waals surface area (Å²) >= 11 is 1.83. The van der Waals surface area contributed by atoms with Crippen molar-refractivity contribution in [3.63, 3.8) is 0 Å². The molecule has 0 aliphatic rings. The molecule has 21 heavy (non-hydrogen) atoms. The second kappa shape index (κ2) is 7.61. The first-order valence-corrected chi connectivity index (χ1v) is 8.42. The summed E-state index contributed by atoms with van der Waals surface area (Å²) in [6.45, 7) is 6.42. The van der Waals surface area contributed by atoms with Gasteiger partial charge in [-0.2, -0.15) is 4.98 Å². The van der Waals surface area contributed by atoms with Crippen LogP contribution in [0.3, 0.4) is 0 Å². The summed E-state index contributed by atoms with van der Waals surface area (Å²) < 4.78 is 5.47. The minimum absolute atomic E-state index is 0.242. The Balaban J connectivity index is 2.18. The predicted octanol–water partition coefficient (Wildman–Crippen LogP) is 3.95. The number of likely N-dealkylation sites (N-methyl/N-ethyl adjacent to an activating group) is 1. The molecule has 0 saturated heterocycles. The van der Waals surface area contributed by atoms with Gasteiger partial charge in [0.25, 0.3) is 0 Å². The molecule has 1 aromatic carbocycles. The Morgan fingerprint density at radius 1 is 1.24 bits per heavy atom. The van der Waals surface area contributed by atoms with Crippen molar-refractivity contribution in [3.05, 3.63) is 30.2 Å². The highest BCUT2D eigenvalue weighted by molar-refractivity contribution is 7.99. The smallest absolute Gasteiger partial charge is 0.231 e. The molecule has 0 radical (unpaired) electrons. The number of nitrogens with one attached hydrogen (secondary N) is 1. The summed E-state index contributed by atoms with van der Waals surface area (Å²) in [5.74, 6) is 2.69. The van der Waals surface area contributed by atoms with E-state index in [9.17, 15) is 0 Å². The van der Waals surface area contributed by atoms with Crippen LogP contribution in [0.25, 0.3) is 11.4 Å². The van der Waals surface area contributed by atoms with Crippen LogP contribution in [0.1, 0.15) is 39.0 Å². The van der Waals surface area contributed by atoms with Gasteiger partial charge in [0.05, 0.1) is 5.92 Å². The van der Waals surface area contributed by atoms with Crippen molar-refractivity contribution in [3.8, 4) is 11.4 Å². The quantitative estimate of drug-likeness (QED) is 0.785. The van der Waals surface area contributed by atoms with E-state index in [0.29, 0.717) is 17.8 Å². The molecule has 2 aromatic rings. The third-order valence-corrected chi connectivity index (χ3v) is 4.58. The van der Waals surface area contributed by atoms with Crippen molar-refractivity contribution < 1.29 is 4.52 Å². The summed E-state index contributed by atoms with van der Waals surface area (Å²) in [5.41, 5.74) is 0.998. The van der Waals surface area contributed by atoms with Crippen LogP contribution in [-0.2, 0) is 0 Å². The van der Waals surface area contributed by atoms with Crippen LogP contribution in [0.4, 0.5) is 0 Å². The molecule has 4 nitrogen and oxygen atoms in total. The Morgan fingerprint density at radius 2 is 1.95 bits per heavy atom. The van der Waals surface area contributed by atoms with Gasteiger partial charge in [-0.05, 0) is 50.4 Å². The lowest BCUT2D eigenvalue weighted by molar-refractivity contribution is 0.322. The molecule has 0 spiro atoms. The lowest BCUT2D eigenvalue weighted by atomic mass is 9.98. The van der Waals surface area contributed by atoms with Crippen molar-refractivity contribution in [1.82, 2.24) is 15.5 Å². The maximum absolute atomic E-state index is 5.47. The molecule has 0 saturated carbocycles. The van der Waals surface area contributed by atoms with Gasteiger partial charge in [-0.15, -0.1) is 11.8 Å². The molecule has 0 aliphatic heterocycles. The van der Waals surface area contributed by atoms with E-state index in [0.717, 1.165) is 17.7 Å². The van der Waals surface area contributed by atoms with Crippen molar-refractivity contribution >= 4 is 11.8 Å². The lowest BCUT2D eigenvalue weighted by Gasteiger charge is -2.17. The second-order valence-corrected chi connectivity index (χ2v) is 6.34. The van der Waals surface area contributed by atoms with Crippen molar-refractivity contribution in [1.29, 1.82) is 0 Å². The zero-order valence-corrected chi connectivity index (χ0v) is 13.9. The van der Waals surface area contributed by atoms with Crippen LogP contribution in [0.5, 0.6) is 0 Å². The summed E-state index contributed by atoms with van der Waals surface area (Å²) in [6.07, 6.45) is 0.968. The Labute approximate surface area is 130 Å². The van der Waals surface area contributed by atoms with Crippen LogP contribution in [0.2, 0.25) is 0 Å². The van der Waals surface area contributed by atoms with Gasteiger partial charge in [0.15, 0.2) is 0 Å². The van der Waals surface area contributed by atoms with E-state index < -0.39 is 0 Å². The van der Waals surface area contributed by atoms with Gasteiger partial charge < -0.3 is 9.84 Å². The highest BCUT2D eigenvalue weighted by Crippen LogP contribution is 2.26. The Bertz CT molecular complexity index is 553. The van der Waals surface area contributed by atoms with E-state index in [1.54, 1.807) is 0 Å². The average molecular weight is 305 g/mol. The molecular formula is C16H23N3OS. The summed E-state index contributed by atoms with van der Waals surface area (Å²) in [7, 11) is 1.95. The Hall–Kier alpha value is -1.33. The first-order valence-electron chi connectivity index (χ1n) is 7.43. The first-order chi connectivity index (χ1) is 10.2. The number of thioether (sulfide) groups is 1. The van der Waals surface area contributed by atoms with Gasteiger partial charge in [-0.25, -0.2) is 0 Å². The van der Waals surface area contributed by atoms with Crippen LogP contribution in [0.15, 0.2) is 33.7 Å². The highest BCUT2D eigenvalue weighted by atomic mass is 32.2. The summed E-state index contributed by atoms with van der Waals surface area (Å²) in [6, 6.07) is 8.62. The monoisotopic (exact) mass is 305 g/mol. The van der Waals surface area contributed by atoms with Crippen LogP contribution in [0, 0.1) is 0 Å². The minimum atomic E-state index is 0.242. The van der Waals surface area contributed by atoms with Gasteiger partial charge in [0, 0.05) is 16.5 Å². The van der Waals surface area contributed by atoms with Crippen LogP contribution in [-0.4, -0.2) is 29.0 Å². The molecule has 114 valence electrons. The number of hydrogen-bond donors (Lipinski definition) is 1. The van der Waals surface area contributed by atoms with E-state index in [1.165, 1.54) is 4.90 Å². The molecule has 0 aliphatic carbocycles. The molecule has 1 N–H and O–H groups in total. The van der Waals surface area contributed by atoms with Crippen LogP contribution < -0.4 is 5.32 Å². The Morgan fingerprint density at radius 3 is 2.52 bits per heavy atom. The molecule has 0 bridgehead atoms. The fraction of sp³-hybridized carbons (Fsp3) is 0.500. The molecule has 5 heteroatoms.